The molecular formula is C20H25ClN2O3. The van der Waals surface area contributed by atoms with Crippen molar-refractivity contribution in [1.29, 1.82) is 0 Å². The van der Waals surface area contributed by atoms with Crippen LogP contribution in [0.15, 0.2) is 36.9 Å². The lowest BCUT2D eigenvalue weighted by molar-refractivity contribution is -0.143. The van der Waals surface area contributed by atoms with Gasteiger partial charge in [-0.3, -0.25) is 9.59 Å². The predicted octanol–water partition coefficient (Wildman–Crippen LogP) is 2.57. The molecule has 0 radical (unpaired) electrons. The highest BCUT2D eigenvalue weighted by molar-refractivity contribution is 6.31. The van der Waals surface area contributed by atoms with Crippen LogP contribution in [0.5, 0.6) is 0 Å². The Hall–Kier alpha value is -1.85. The van der Waals surface area contributed by atoms with Gasteiger partial charge in [0.1, 0.15) is 0 Å². The maximum absolute atomic E-state index is 12.9. The first-order valence-electron chi connectivity index (χ1n) is 9.12. The highest BCUT2D eigenvalue weighted by atomic mass is 35.5. The summed E-state index contributed by atoms with van der Waals surface area (Å²) in [6.07, 6.45) is 3.85. The van der Waals surface area contributed by atoms with E-state index < -0.39 is 5.60 Å². The monoisotopic (exact) mass is 376 g/mol. The Labute approximate surface area is 159 Å². The van der Waals surface area contributed by atoms with E-state index in [-0.39, 0.29) is 17.7 Å². The van der Waals surface area contributed by atoms with Crippen molar-refractivity contribution in [3.05, 3.63) is 47.5 Å². The van der Waals surface area contributed by atoms with Gasteiger partial charge in [-0.1, -0.05) is 36.4 Å². The fourth-order valence-corrected chi connectivity index (χ4v) is 4.28. The van der Waals surface area contributed by atoms with Gasteiger partial charge in [-0.2, -0.15) is 0 Å². The third kappa shape index (κ3) is 3.79. The van der Waals surface area contributed by atoms with Crippen LogP contribution in [0.4, 0.5) is 0 Å². The van der Waals surface area contributed by atoms with Crippen LogP contribution >= 0.6 is 11.6 Å². The van der Waals surface area contributed by atoms with Crippen molar-refractivity contribution in [2.75, 3.05) is 26.2 Å². The minimum atomic E-state index is -0.994. The predicted molar refractivity (Wildman–Crippen MR) is 101 cm³/mol. The number of hydrogen-bond acceptors (Lipinski definition) is 3. The molecule has 2 saturated heterocycles. The van der Waals surface area contributed by atoms with Crippen LogP contribution in [0.1, 0.15) is 31.2 Å². The van der Waals surface area contributed by atoms with Crippen LogP contribution in [-0.2, 0) is 15.2 Å². The maximum Gasteiger partial charge on any atom is 0.245 e. The van der Waals surface area contributed by atoms with Gasteiger partial charge in [0.05, 0.1) is 11.5 Å². The normalized spacial score (nSPS) is 22.8. The van der Waals surface area contributed by atoms with Crippen molar-refractivity contribution in [1.82, 2.24) is 9.80 Å². The minimum Gasteiger partial charge on any atom is -0.385 e. The van der Waals surface area contributed by atoms with Crippen LogP contribution in [0.2, 0.25) is 5.02 Å². The molecule has 0 aliphatic carbocycles. The number of hydrogen-bond donors (Lipinski definition) is 1. The molecule has 5 nitrogen and oxygen atoms in total. The number of rotatable bonds is 3. The Bertz CT molecular complexity index is 698. The molecule has 1 N–H and O–H groups in total. The quantitative estimate of drug-likeness (QED) is 0.825. The number of nitrogens with zero attached hydrogens (tertiary/aromatic N) is 2. The molecule has 0 aromatic heterocycles. The van der Waals surface area contributed by atoms with Crippen molar-refractivity contribution in [2.24, 2.45) is 5.92 Å². The first kappa shape index (κ1) is 18.9. The Morgan fingerprint density at radius 2 is 1.88 bits per heavy atom. The van der Waals surface area contributed by atoms with Crippen molar-refractivity contribution in [2.45, 2.75) is 31.3 Å². The average Bonchev–Trinajstić information content (AvgIpc) is 2.67. The first-order valence-corrected chi connectivity index (χ1v) is 9.50. The molecule has 0 bridgehead atoms. The minimum absolute atomic E-state index is 0.0766. The number of likely N-dealkylation sites (tertiary alicyclic amines) is 2. The third-order valence-electron chi connectivity index (χ3n) is 5.53. The van der Waals surface area contributed by atoms with Crippen LogP contribution in [0.25, 0.3) is 0 Å². The van der Waals surface area contributed by atoms with Crippen molar-refractivity contribution >= 4 is 23.4 Å². The number of amides is 2. The molecule has 1 atom stereocenters. The van der Waals surface area contributed by atoms with E-state index in [4.69, 9.17) is 11.6 Å². The van der Waals surface area contributed by atoms with Crippen LogP contribution in [0, 0.1) is 5.92 Å². The Kier molecular flexibility index (Phi) is 5.68. The van der Waals surface area contributed by atoms with Gasteiger partial charge < -0.3 is 14.9 Å². The van der Waals surface area contributed by atoms with Gasteiger partial charge in [0.25, 0.3) is 0 Å². The fraction of sp³-hybridized carbons (Fsp3) is 0.500. The summed E-state index contributed by atoms with van der Waals surface area (Å²) in [5, 5.41) is 11.5. The summed E-state index contributed by atoms with van der Waals surface area (Å²) in [5.41, 5.74) is -0.263. The summed E-state index contributed by atoms with van der Waals surface area (Å²) in [6, 6.07) is 7.33. The van der Waals surface area contributed by atoms with Crippen molar-refractivity contribution in [3.8, 4) is 0 Å². The Morgan fingerprint density at radius 3 is 2.54 bits per heavy atom. The summed E-state index contributed by atoms with van der Waals surface area (Å²) in [7, 11) is 0. The molecule has 1 aromatic carbocycles. The second-order valence-electron chi connectivity index (χ2n) is 7.16. The smallest absolute Gasteiger partial charge is 0.245 e. The van der Waals surface area contributed by atoms with Gasteiger partial charge >= 0.3 is 0 Å². The SMILES string of the molecule is C=CC(=O)N1CCCC(C(=O)N2CCC(O)(c3ccccc3Cl)CC2)C1. The van der Waals surface area contributed by atoms with Gasteiger partial charge in [-0.15, -0.1) is 0 Å². The summed E-state index contributed by atoms with van der Waals surface area (Å²) in [5.74, 6) is -0.207. The van der Waals surface area contributed by atoms with E-state index >= 15 is 0 Å². The molecule has 1 aromatic rings. The molecule has 6 heteroatoms. The zero-order valence-electron chi connectivity index (χ0n) is 14.9. The number of benzene rings is 1. The zero-order chi connectivity index (χ0) is 18.7. The summed E-state index contributed by atoms with van der Waals surface area (Å²) < 4.78 is 0. The van der Waals surface area contributed by atoms with Crippen LogP contribution in [0.3, 0.4) is 0 Å². The molecule has 140 valence electrons. The molecule has 2 aliphatic rings. The van der Waals surface area contributed by atoms with E-state index in [1.807, 2.05) is 23.1 Å². The van der Waals surface area contributed by atoms with Gasteiger partial charge in [0.15, 0.2) is 0 Å². The van der Waals surface area contributed by atoms with E-state index in [1.165, 1.54) is 6.08 Å². The molecule has 26 heavy (non-hydrogen) atoms. The molecule has 2 heterocycles. The van der Waals surface area contributed by atoms with Gasteiger partial charge in [-0.25, -0.2) is 0 Å². The van der Waals surface area contributed by atoms with Crippen LogP contribution < -0.4 is 0 Å². The molecule has 2 fully saturated rings. The Morgan fingerprint density at radius 1 is 1.19 bits per heavy atom. The van der Waals surface area contributed by atoms with Gasteiger partial charge in [-0.05, 0) is 37.8 Å². The molecule has 0 saturated carbocycles. The standard InChI is InChI=1S/C20H25ClN2O3/c1-2-18(24)23-11-5-6-15(14-23)19(25)22-12-9-20(26,10-13-22)16-7-3-4-8-17(16)21/h2-4,7-8,15,26H,1,5-6,9-14H2. The van der Waals surface area contributed by atoms with E-state index in [1.54, 1.807) is 11.0 Å². The summed E-state index contributed by atoms with van der Waals surface area (Å²) in [4.78, 5) is 28.2. The number of aliphatic hydroxyl groups is 1. The lowest BCUT2D eigenvalue weighted by atomic mass is 9.83. The van der Waals surface area contributed by atoms with E-state index in [0.717, 1.165) is 18.4 Å². The van der Waals surface area contributed by atoms with E-state index in [0.29, 0.717) is 44.0 Å². The third-order valence-corrected chi connectivity index (χ3v) is 5.86. The molecule has 0 spiro atoms. The number of carbonyl (C=O) groups excluding carboxylic acids is 2. The largest absolute Gasteiger partial charge is 0.385 e. The molecule has 2 amide bonds. The number of carbonyl (C=O) groups is 2. The van der Waals surface area contributed by atoms with Crippen molar-refractivity contribution < 1.29 is 14.7 Å². The highest BCUT2D eigenvalue weighted by Crippen LogP contribution is 2.37. The number of halogens is 1. The zero-order valence-corrected chi connectivity index (χ0v) is 15.6. The van der Waals surface area contributed by atoms with Gasteiger partial charge in [0, 0.05) is 36.8 Å². The van der Waals surface area contributed by atoms with Crippen LogP contribution in [-0.4, -0.2) is 52.9 Å². The molecule has 2 aliphatic heterocycles. The lowest BCUT2D eigenvalue weighted by Gasteiger charge is -2.41. The summed E-state index contributed by atoms with van der Waals surface area (Å²) >= 11 is 6.24. The molecular weight excluding hydrogens is 352 g/mol. The fourth-order valence-electron chi connectivity index (χ4n) is 3.97. The topological polar surface area (TPSA) is 60.9 Å². The number of piperidine rings is 2. The maximum atomic E-state index is 12.9. The summed E-state index contributed by atoms with van der Waals surface area (Å²) in [6.45, 7) is 5.64. The molecule has 3 rings (SSSR count). The van der Waals surface area contributed by atoms with E-state index in [2.05, 4.69) is 6.58 Å². The molecule has 1 unspecified atom stereocenters. The second-order valence-corrected chi connectivity index (χ2v) is 7.57. The second kappa shape index (κ2) is 7.80. The average molecular weight is 377 g/mol. The van der Waals surface area contributed by atoms with Gasteiger partial charge in [0.2, 0.25) is 11.8 Å². The first-order chi connectivity index (χ1) is 12.4. The van der Waals surface area contributed by atoms with E-state index in [9.17, 15) is 14.7 Å². The van der Waals surface area contributed by atoms with Crippen molar-refractivity contribution in [3.63, 3.8) is 0 Å². The lowest BCUT2D eigenvalue weighted by Crippen LogP contribution is -2.50. The Balaban J connectivity index is 1.62. The highest BCUT2D eigenvalue weighted by Gasteiger charge is 2.39.